The summed E-state index contributed by atoms with van der Waals surface area (Å²) in [6.45, 7) is 6.27. The Hall–Kier alpha value is -2.69. The van der Waals surface area contributed by atoms with Crippen LogP contribution >= 0.6 is 0 Å². The van der Waals surface area contributed by atoms with Crippen molar-refractivity contribution in [3.05, 3.63) is 53.6 Å². The van der Waals surface area contributed by atoms with Crippen molar-refractivity contribution < 1.29 is 14.3 Å². The third-order valence-electron chi connectivity index (χ3n) is 5.30. The fourth-order valence-corrected chi connectivity index (χ4v) is 3.92. The Morgan fingerprint density at radius 2 is 1.96 bits per heavy atom. The molecular formula is C21H24N2O3. The molecule has 0 aromatic heterocycles. The number of methoxy groups -OCH3 is 1. The lowest BCUT2D eigenvalue weighted by molar-refractivity contribution is 0.0349. The largest absolute Gasteiger partial charge is 0.493 e. The molecule has 2 aromatic carbocycles. The smallest absolute Gasteiger partial charge is 0.325 e. The molecule has 2 unspecified atom stereocenters. The number of carbonyl (C=O) groups excluding carboxylic acids is 1. The minimum Gasteiger partial charge on any atom is -0.493 e. The van der Waals surface area contributed by atoms with E-state index < -0.39 is 5.72 Å². The summed E-state index contributed by atoms with van der Waals surface area (Å²) >= 11 is 0. The molecule has 136 valence electrons. The fraction of sp³-hybridized carbons (Fsp3) is 0.381. The van der Waals surface area contributed by atoms with Gasteiger partial charge in [0.25, 0.3) is 0 Å². The quantitative estimate of drug-likeness (QED) is 0.879. The molecule has 0 aliphatic carbocycles. The highest BCUT2D eigenvalue weighted by molar-refractivity contribution is 5.95. The molecule has 1 saturated heterocycles. The van der Waals surface area contributed by atoms with E-state index in [-0.39, 0.29) is 12.1 Å². The highest BCUT2D eigenvalue weighted by atomic mass is 16.5. The van der Waals surface area contributed by atoms with E-state index in [1.165, 1.54) is 5.56 Å². The van der Waals surface area contributed by atoms with E-state index >= 15 is 0 Å². The average molecular weight is 352 g/mol. The lowest BCUT2D eigenvalue weighted by Crippen LogP contribution is -2.65. The van der Waals surface area contributed by atoms with Gasteiger partial charge in [-0.25, -0.2) is 4.79 Å². The van der Waals surface area contributed by atoms with Crippen LogP contribution in [0.1, 0.15) is 50.3 Å². The van der Waals surface area contributed by atoms with Crippen LogP contribution in [-0.2, 0) is 0 Å². The second-order valence-corrected chi connectivity index (χ2v) is 7.44. The number of nitrogens with one attached hydrogen (secondary N) is 1. The number of anilines is 1. The molecule has 2 heterocycles. The van der Waals surface area contributed by atoms with Crippen LogP contribution in [-0.4, -0.2) is 18.9 Å². The first-order chi connectivity index (χ1) is 12.4. The van der Waals surface area contributed by atoms with E-state index in [1.54, 1.807) is 12.0 Å². The van der Waals surface area contributed by atoms with Crippen molar-refractivity contribution in [3.8, 4) is 11.5 Å². The van der Waals surface area contributed by atoms with Gasteiger partial charge in [-0.1, -0.05) is 38.1 Å². The highest BCUT2D eigenvalue weighted by Crippen LogP contribution is 2.49. The number of amides is 2. The van der Waals surface area contributed by atoms with Crippen LogP contribution in [0.5, 0.6) is 11.5 Å². The van der Waals surface area contributed by atoms with Gasteiger partial charge < -0.3 is 14.8 Å². The summed E-state index contributed by atoms with van der Waals surface area (Å²) in [6, 6.07) is 13.7. The summed E-state index contributed by atoms with van der Waals surface area (Å²) < 4.78 is 11.8. The van der Waals surface area contributed by atoms with E-state index in [0.29, 0.717) is 23.8 Å². The molecule has 0 spiro atoms. The molecule has 2 aliphatic heterocycles. The number of carbonyl (C=O) groups is 1. The molecule has 5 nitrogen and oxygen atoms in total. The molecule has 26 heavy (non-hydrogen) atoms. The van der Waals surface area contributed by atoms with Crippen LogP contribution in [0.4, 0.5) is 10.5 Å². The maximum absolute atomic E-state index is 12.9. The number of rotatable bonds is 3. The number of nitrogens with zero attached hydrogens (tertiary/aromatic N) is 1. The first-order valence-corrected chi connectivity index (χ1v) is 8.99. The molecule has 0 saturated carbocycles. The second-order valence-electron chi connectivity index (χ2n) is 7.44. The van der Waals surface area contributed by atoms with Crippen LogP contribution < -0.4 is 19.7 Å². The van der Waals surface area contributed by atoms with Crippen molar-refractivity contribution in [3.63, 3.8) is 0 Å². The van der Waals surface area contributed by atoms with Gasteiger partial charge in [0.05, 0.1) is 13.2 Å². The Balaban J connectivity index is 1.76. The minimum absolute atomic E-state index is 0.0856. The zero-order valence-corrected chi connectivity index (χ0v) is 15.6. The molecule has 0 radical (unpaired) electrons. The molecule has 1 fully saturated rings. The molecular weight excluding hydrogens is 328 g/mol. The Bertz CT molecular complexity index is 847. The van der Waals surface area contributed by atoms with Gasteiger partial charge in [0.15, 0.2) is 17.2 Å². The molecule has 2 atom stereocenters. The van der Waals surface area contributed by atoms with E-state index in [1.807, 2.05) is 37.3 Å². The van der Waals surface area contributed by atoms with E-state index in [0.717, 1.165) is 11.3 Å². The molecule has 2 amide bonds. The van der Waals surface area contributed by atoms with Crippen LogP contribution in [0.2, 0.25) is 0 Å². The van der Waals surface area contributed by atoms with Crippen molar-refractivity contribution in [2.45, 2.75) is 44.9 Å². The standard InChI is InChI=1S/C21H24N2O3/c1-13(2)14-8-10-15(11-9-14)23-20(24)22-17-12-21(23,3)26-19-16(17)6-5-7-18(19)25-4/h5-11,13,17H,12H2,1-4H3,(H,22,24). The molecule has 2 bridgehead atoms. The van der Waals surface area contributed by atoms with Crippen LogP contribution in [0.15, 0.2) is 42.5 Å². The van der Waals surface area contributed by atoms with Gasteiger partial charge in [0.1, 0.15) is 0 Å². The number of para-hydroxylation sites is 1. The summed E-state index contributed by atoms with van der Waals surface area (Å²) in [6.07, 6.45) is 0.671. The first-order valence-electron chi connectivity index (χ1n) is 8.99. The molecule has 2 aromatic rings. The Morgan fingerprint density at radius 3 is 2.62 bits per heavy atom. The van der Waals surface area contributed by atoms with Gasteiger partial charge in [-0.2, -0.15) is 0 Å². The summed E-state index contributed by atoms with van der Waals surface area (Å²) in [4.78, 5) is 14.6. The van der Waals surface area contributed by atoms with Crippen molar-refractivity contribution >= 4 is 11.7 Å². The van der Waals surface area contributed by atoms with E-state index in [9.17, 15) is 4.79 Å². The topological polar surface area (TPSA) is 50.8 Å². The van der Waals surface area contributed by atoms with Crippen LogP contribution in [0.3, 0.4) is 0 Å². The van der Waals surface area contributed by atoms with Gasteiger partial charge in [0, 0.05) is 17.7 Å². The number of hydrogen-bond acceptors (Lipinski definition) is 3. The summed E-state index contributed by atoms with van der Waals surface area (Å²) in [5.74, 6) is 1.84. The minimum atomic E-state index is -0.770. The van der Waals surface area contributed by atoms with Crippen LogP contribution in [0, 0.1) is 0 Å². The predicted octanol–water partition coefficient (Wildman–Crippen LogP) is 4.59. The van der Waals surface area contributed by atoms with Crippen molar-refractivity contribution in [2.24, 2.45) is 0 Å². The predicted molar refractivity (Wildman–Crippen MR) is 101 cm³/mol. The molecule has 1 N–H and O–H groups in total. The third-order valence-corrected chi connectivity index (χ3v) is 5.30. The van der Waals surface area contributed by atoms with Gasteiger partial charge >= 0.3 is 6.03 Å². The number of urea groups is 1. The van der Waals surface area contributed by atoms with Crippen molar-refractivity contribution in [1.29, 1.82) is 0 Å². The summed E-state index contributed by atoms with van der Waals surface area (Å²) in [7, 11) is 1.63. The Labute approximate surface area is 153 Å². The number of benzene rings is 2. The number of ether oxygens (including phenoxy) is 2. The van der Waals surface area contributed by atoms with Crippen molar-refractivity contribution in [2.75, 3.05) is 12.0 Å². The monoisotopic (exact) mass is 352 g/mol. The van der Waals surface area contributed by atoms with E-state index in [4.69, 9.17) is 9.47 Å². The number of fused-ring (bicyclic) bond motifs is 4. The van der Waals surface area contributed by atoms with E-state index in [2.05, 4.69) is 31.3 Å². The molecule has 2 aliphatic rings. The SMILES string of the molecule is COc1cccc2c1OC1(C)CC2NC(=O)N1c1ccc(C(C)C)cc1. The normalized spacial score (nSPS) is 24.0. The highest BCUT2D eigenvalue weighted by Gasteiger charge is 2.50. The van der Waals surface area contributed by atoms with Gasteiger partial charge in [0.2, 0.25) is 0 Å². The third kappa shape index (κ3) is 2.50. The Kier molecular flexibility index (Phi) is 3.83. The average Bonchev–Trinajstić information content (AvgIpc) is 2.61. The second kappa shape index (κ2) is 5.94. The lowest BCUT2D eigenvalue weighted by atomic mass is 9.89. The van der Waals surface area contributed by atoms with Gasteiger partial charge in [-0.3, -0.25) is 4.90 Å². The van der Waals surface area contributed by atoms with Gasteiger partial charge in [-0.15, -0.1) is 0 Å². The Morgan fingerprint density at radius 1 is 1.23 bits per heavy atom. The zero-order chi connectivity index (χ0) is 18.5. The summed E-state index contributed by atoms with van der Waals surface area (Å²) in [5, 5.41) is 3.12. The fourth-order valence-electron chi connectivity index (χ4n) is 3.92. The summed E-state index contributed by atoms with van der Waals surface area (Å²) in [5.41, 5.74) is 2.26. The first kappa shape index (κ1) is 16.8. The maximum atomic E-state index is 12.9. The van der Waals surface area contributed by atoms with Gasteiger partial charge in [-0.05, 0) is 36.6 Å². The molecule has 4 rings (SSSR count). The lowest BCUT2D eigenvalue weighted by Gasteiger charge is -2.50. The zero-order valence-electron chi connectivity index (χ0n) is 15.6. The molecule has 5 heteroatoms. The van der Waals surface area contributed by atoms with Crippen molar-refractivity contribution in [1.82, 2.24) is 5.32 Å². The number of hydrogen-bond donors (Lipinski definition) is 1. The van der Waals surface area contributed by atoms with Crippen LogP contribution in [0.25, 0.3) is 0 Å². The maximum Gasteiger partial charge on any atom is 0.325 e.